The number of nitro groups is 1. The van der Waals surface area contributed by atoms with Crippen LogP contribution in [0.2, 0.25) is 0 Å². The van der Waals surface area contributed by atoms with Gasteiger partial charge in [0, 0.05) is 12.6 Å². The van der Waals surface area contributed by atoms with Crippen molar-refractivity contribution in [2.45, 2.75) is 18.2 Å². The maximum absolute atomic E-state index is 13.1. The lowest BCUT2D eigenvalue weighted by Crippen LogP contribution is -2.41. The molecule has 1 N–H and O–H groups in total. The Hall–Kier alpha value is -2.94. The summed E-state index contributed by atoms with van der Waals surface area (Å²) < 4.78 is 27.1. The summed E-state index contributed by atoms with van der Waals surface area (Å²) >= 11 is 0. The normalized spacial score (nSPS) is 11.0. The summed E-state index contributed by atoms with van der Waals surface area (Å²) in [7, 11) is -4.32. The first-order chi connectivity index (χ1) is 12.4. The van der Waals surface area contributed by atoms with E-state index in [1.54, 1.807) is 18.2 Å². The van der Waals surface area contributed by atoms with Crippen molar-refractivity contribution in [2.75, 3.05) is 17.4 Å². The average molecular weight is 377 g/mol. The number of nitrogens with zero attached hydrogens (tertiary/aromatic N) is 2. The fourth-order valence-electron chi connectivity index (χ4n) is 2.30. The van der Waals surface area contributed by atoms with Crippen molar-refractivity contribution in [1.29, 1.82) is 0 Å². The van der Waals surface area contributed by atoms with Crippen molar-refractivity contribution in [2.24, 2.45) is 0 Å². The van der Waals surface area contributed by atoms with Gasteiger partial charge in [0.15, 0.2) is 4.90 Å². The lowest BCUT2D eigenvalue weighted by molar-refractivity contribution is -0.387. The van der Waals surface area contributed by atoms with Crippen molar-refractivity contribution in [3.63, 3.8) is 0 Å². The minimum atomic E-state index is -4.32. The molecule has 0 aromatic heterocycles. The van der Waals surface area contributed by atoms with Crippen LogP contribution in [-0.4, -0.2) is 32.3 Å². The van der Waals surface area contributed by atoms with Gasteiger partial charge < -0.3 is 5.32 Å². The van der Waals surface area contributed by atoms with Crippen molar-refractivity contribution in [3.05, 3.63) is 64.7 Å². The molecule has 2 aromatic rings. The summed E-state index contributed by atoms with van der Waals surface area (Å²) in [6.07, 6.45) is 0.702. The number of benzene rings is 2. The van der Waals surface area contributed by atoms with E-state index in [0.29, 0.717) is 13.0 Å². The number of nitrogens with one attached hydrogen (secondary N) is 1. The molecule has 2 aromatic carbocycles. The highest BCUT2D eigenvalue weighted by Crippen LogP contribution is 2.29. The number of anilines is 1. The summed E-state index contributed by atoms with van der Waals surface area (Å²) in [5, 5.41) is 13.8. The van der Waals surface area contributed by atoms with E-state index in [1.165, 1.54) is 24.3 Å². The van der Waals surface area contributed by atoms with Gasteiger partial charge in [0.05, 0.1) is 10.6 Å². The first-order valence-corrected chi connectivity index (χ1v) is 9.40. The summed E-state index contributed by atoms with van der Waals surface area (Å²) in [4.78, 5) is 22.1. The van der Waals surface area contributed by atoms with Gasteiger partial charge >= 0.3 is 0 Å². The maximum Gasteiger partial charge on any atom is 0.289 e. The van der Waals surface area contributed by atoms with Gasteiger partial charge in [-0.15, -0.1) is 0 Å². The number of hydrogen-bond acceptors (Lipinski definition) is 5. The number of para-hydroxylation sites is 2. The van der Waals surface area contributed by atoms with Crippen LogP contribution in [0.3, 0.4) is 0 Å². The second-order valence-electron chi connectivity index (χ2n) is 5.42. The molecule has 0 bridgehead atoms. The molecule has 8 nitrogen and oxygen atoms in total. The molecule has 138 valence electrons. The van der Waals surface area contributed by atoms with Gasteiger partial charge in [-0.1, -0.05) is 37.3 Å². The van der Waals surface area contributed by atoms with E-state index in [2.05, 4.69) is 5.32 Å². The van der Waals surface area contributed by atoms with E-state index in [4.69, 9.17) is 0 Å². The molecule has 9 heteroatoms. The Kier molecular flexibility index (Phi) is 6.29. The number of carbonyl (C=O) groups is 1. The van der Waals surface area contributed by atoms with Crippen LogP contribution in [0.15, 0.2) is 59.5 Å². The zero-order valence-corrected chi connectivity index (χ0v) is 15.0. The molecule has 0 aliphatic rings. The smallest absolute Gasteiger partial charge is 0.289 e. The molecule has 2 rings (SSSR count). The van der Waals surface area contributed by atoms with Gasteiger partial charge in [-0.25, -0.2) is 8.42 Å². The van der Waals surface area contributed by atoms with Crippen molar-refractivity contribution in [1.82, 2.24) is 5.32 Å². The van der Waals surface area contributed by atoms with Crippen LogP contribution in [0, 0.1) is 10.1 Å². The zero-order valence-electron chi connectivity index (χ0n) is 14.2. The van der Waals surface area contributed by atoms with E-state index in [1.807, 2.05) is 6.92 Å². The molecule has 0 atom stereocenters. The van der Waals surface area contributed by atoms with Crippen LogP contribution in [0.25, 0.3) is 0 Å². The predicted molar refractivity (Wildman–Crippen MR) is 97.4 cm³/mol. The molecule has 1 amide bonds. The van der Waals surface area contributed by atoms with Gasteiger partial charge in [0.2, 0.25) is 5.91 Å². The van der Waals surface area contributed by atoms with E-state index in [0.717, 1.165) is 16.4 Å². The Morgan fingerprint density at radius 2 is 1.73 bits per heavy atom. The van der Waals surface area contributed by atoms with Gasteiger partial charge in [0.1, 0.15) is 6.54 Å². The monoisotopic (exact) mass is 377 g/mol. The molecule has 0 heterocycles. The Morgan fingerprint density at radius 3 is 2.35 bits per heavy atom. The lowest BCUT2D eigenvalue weighted by atomic mass is 10.3. The Labute approximate surface area is 151 Å². The molecule has 0 saturated heterocycles. The number of carbonyl (C=O) groups excluding carboxylic acids is 1. The van der Waals surface area contributed by atoms with E-state index in [9.17, 15) is 23.3 Å². The molecule has 26 heavy (non-hydrogen) atoms. The molecule has 0 unspecified atom stereocenters. The number of amides is 1. The van der Waals surface area contributed by atoms with E-state index in [-0.39, 0.29) is 5.69 Å². The molecule has 0 radical (unpaired) electrons. The van der Waals surface area contributed by atoms with Crippen molar-refractivity contribution < 1.29 is 18.1 Å². The quantitative estimate of drug-likeness (QED) is 0.561. The number of nitro benzene ring substituents is 1. The van der Waals surface area contributed by atoms with E-state index < -0.39 is 38.0 Å². The SMILES string of the molecule is CCCNC(=O)CN(c1ccccc1)S(=O)(=O)c1ccccc1[N+](=O)[O-]. The summed E-state index contributed by atoms with van der Waals surface area (Å²) in [6, 6.07) is 13.1. The lowest BCUT2D eigenvalue weighted by Gasteiger charge is -2.23. The van der Waals surface area contributed by atoms with Gasteiger partial charge in [-0.3, -0.25) is 19.2 Å². The highest BCUT2D eigenvalue weighted by molar-refractivity contribution is 7.93. The number of sulfonamides is 1. The molecule has 0 saturated carbocycles. The highest BCUT2D eigenvalue weighted by atomic mass is 32.2. The molecule has 0 fully saturated rings. The van der Waals surface area contributed by atoms with Crippen molar-refractivity contribution in [3.8, 4) is 0 Å². The first kappa shape index (κ1) is 19.4. The van der Waals surface area contributed by atoms with Gasteiger partial charge in [-0.2, -0.15) is 0 Å². The van der Waals surface area contributed by atoms with Gasteiger partial charge in [-0.05, 0) is 24.6 Å². The maximum atomic E-state index is 13.1. The third-order valence-corrected chi connectivity index (χ3v) is 5.35. The average Bonchev–Trinajstić information content (AvgIpc) is 2.65. The molecular weight excluding hydrogens is 358 g/mol. The molecule has 0 aliphatic heterocycles. The Morgan fingerprint density at radius 1 is 1.12 bits per heavy atom. The standard InChI is InChI=1S/C17H19N3O5S/c1-2-12-18-17(21)13-19(14-8-4-3-5-9-14)26(24,25)16-11-7-6-10-15(16)20(22)23/h3-11H,2,12-13H2,1H3,(H,18,21). The topological polar surface area (TPSA) is 110 Å². The second kappa shape index (κ2) is 8.43. The second-order valence-corrected chi connectivity index (χ2v) is 7.25. The van der Waals surface area contributed by atoms with Crippen LogP contribution >= 0.6 is 0 Å². The first-order valence-electron chi connectivity index (χ1n) is 7.95. The van der Waals surface area contributed by atoms with Gasteiger partial charge in [0.25, 0.3) is 15.7 Å². The van der Waals surface area contributed by atoms with Crippen LogP contribution in [0.1, 0.15) is 13.3 Å². The highest BCUT2D eigenvalue weighted by Gasteiger charge is 2.32. The molecular formula is C17H19N3O5S. The number of hydrogen-bond donors (Lipinski definition) is 1. The largest absolute Gasteiger partial charge is 0.355 e. The number of rotatable bonds is 8. The minimum Gasteiger partial charge on any atom is -0.355 e. The fourth-order valence-corrected chi connectivity index (χ4v) is 3.89. The Bertz CT molecular complexity index is 884. The van der Waals surface area contributed by atoms with Crippen molar-refractivity contribution >= 4 is 27.3 Å². The molecule has 0 aliphatic carbocycles. The fraction of sp³-hybridized carbons (Fsp3) is 0.235. The third kappa shape index (κ3) is 4.37. The van der Waals surface area contributed by atoms with Crippen LogP contribution in [0.5, 0.6) is 0 Å². The minimum absolute atomic E-state index is 0.247. The summed E-state index contributed by atoms with van der Waals surface area (Å²) in [5.74, 6) is -0.488. The molecule has 0 spiro atoms. The summed E-state index contributed by atoms with van der Waals surface area (Å²) in [6.45, 7) is 1.81. The predicted octanol–water partition coefficient (Wildman–Crippen LogP) is 2.32. The Balaban J connectivity index is 2.51. The van der Waals surface area contributed by atoms with Crippen LogP contribution in [0.4, 0.5) is 11.4 Å². The van der Waals surface area contributed by atoms with Crippen LogP contribution in [-0.2, 0) is 14.8 Å². The zero-order chi connectivity index (χ0) is 19.2. The van der Waals surface area contributed by atoms with E-state index >= 15 is 0 Å². The van der Waals surface area contributed by atoms with Crippen LogP contribution < -0.4 is 9.62 Å². The third-order valence-electron chi connectivity index (χ3n) is 3.53. The summed E-state index contributed by atoms with van der Waals surface area (Å²) in [5.41, 5.74) is -0.292.